The highest BCUT2D eigenvalue weighted by Gasteiger charge is 2.43. The van der Waals surface area contributed by atoms with E-state index in [1.54, 1.807) is 18.3 Å². The number of aromatic amines is 1. The summed E-state index contributed by atoms with van der Waals surface area (Å²) in [5.41, 5.74) is 2.81. The normalized spacial score (nSPS) is 24.6. The van der Waals surface area contributed by atoms with Crippen molar-refractivity contribution in [3.8, 4) is 17.3 Å². The zero-order valence-corrected chi connectivity index (χ0v) is 15.1. The van der Waals surface area contributed by atoms with Crippen LogP contribution in [0.1, 0.15) is 30.4 Å². The summed E-state index contributed by atoms with van der Waals surface area (Å²) in [7, 11) is 0. The molecule has 1 aromatic heterocycles. The molecule has 4 atom stereocenters. The van der Waals surface area contributed by atoms with Crippen molar-refractivity contribution in [3.63, 3.8) is 0 Å². The Kier molecular flexibility index (Phi) is 4.66. The van der Waals surface area contributed by atoms with Gasteiger partial charge in [-0.25, -0.2) is 4.39 Å². The van der Waals surface area contributed by atoms with Crippen molar-refractivity contribution in [3.05, 3.63) is 41.3 Å². The minimum atomic E-state index is -0.757. The Morgan fingerprint density at radius 2 is 2.33 bits per heavy atom. The second-order valence-electron chi connectivity index (χ2n) is 7.54. The molecule has 6 nitrogen and oxygen atoms in total. The summed E-state index contributed by atoms with van der Waals surface area (Å²) >= 11 is 0. The van der Waals surface area contributed by atoms with Crippen LogP contribution in [0.3, 0.4) is 0 Å². The molecule has 2 aromatic rings. The summed E-state index contributed by atoms with van der Waals surface area (Å²) in [5, 5.41) is 22.3. The number of carbonyl (C=O) groups is 1. The van der Waals surface area contributed by atoms with Crippen LogP contribution in [0, 0.1) is 30.0 Å². The first-order valence-corrected chi connectivity index (χ1v) is 9.30. The Bertz CT molecular complexity index is 902. The van der Waals surface area contributed by atoms with Crippen LogP contribution in [0.4, 0.5) is 4.39 Å². The molecule has 4 unspecified atom stereocenters. The summed E-state index contributed by atoms with van der Waals surface area (Å²) < 4.78 is 14.6. The van der Waals surface area contributed by atoms with Gasteiger partial charge in [-0.1, -0.05) is 12.1 Å². The van der Waals surface area contributed by atoms with Gasteiger partial charge in [-0.15, -0.1) is 0 Å². The predicted octanol–water partition coefficient (Wildman–Crippen LogP) is 2.22. The van der Waals surface area contributed by atoms with Gasteiger partial charge in [-0.3, -0.25) is 9.89 Å². The first-order chi connectivity index (χ1) is 13.0. The maximum Gasteiger partial charge on any atom is 0.238 e. The van der Waals surface area contributed by atoms with Gasteiger partial charge in [-0.05, 0) is 49.3 Å². The number of halogens is 1. The van der Waals surface area contributed by atoms with Crippen molar-refractivity contribution in [1.82, 2.24) is 20.8 Å². The highest BCUT2D eigenvalue weighted by Crippen LogP contribution is 2.35. The van der Waals surface area contributed by atoms with E-state index in [-0.39, 0.29) is 18.4 Å². The molecule has 2 aliphatic rings. The number of piperidine rings is 1. The number of fused-ring (bicyclic) bond motifs is 2. The third-order valence-corrected chi connectivity index (χ3v) is 5.71. The molecular formula is C20H22FN5O. The first-order valence-electron chi connectivity index (χ1n) is 9.30. The van der Waals surface area contributed by atoms with Gasteiger partial charge in [0.15, 0.2) is 0 Å². The second-order valence-corrected chi connectivity index (χ2v) is 7.54. The van der Waals surface area contributed by atoms with Crippen LogP contribution >= 0.6 is 0 Å². The van der Waals surface area contributed by atoms with E-state index in [0.717, 1.165) is 30.5 Å². The largest absolute Gasteiger partial charge is 0.339 e. The fourth-order valence-corrected chi connectivity index (χ4v) is 4.27. The molecule has 0 spiro atoms. The zero-order valence-electron chi connectivity index (χ0n) is 15.1. The van der Waals surface area contributed by atoms with Gasteiger partial charge in [0, 0.05) is 18.0 Å². The van der Waals surface area contributed by atoms with E-state index in [9.17, 15) is 14.4 Å². The Morgan fingerprint density at radius 3 is 2.93 bits per heavy atom. The van der Waals surface area contributed by atoms with Crippen LogP contribution in [0.5, 0.6) is 0 Å². The lowest BCUT2D eigenvalue weighted by molar-refractivity contribution is -0.124. The molecular weight excluding hydrogens is 345 g/mol. The van der Waals surface area contributed by atoms with Crippen LogP contribution in [0.2, 0.25) is 0 Å². The first kappa shape index (κ1) is 17.7. The molecule has 1 aliphatic carbocycles. The van der Waals surface area contributed by atoms with Crippen LogP contribution in [0.25, 0.3) is 11.3 Å². The molecule has 1 amide bonds. The summed E-state index contributed by atoms with van der Waals surface area (Å²) in [4.78, 5) is 12.5. The molecule has 3 N–H and O–H groups in total. The Hall–Kier alpha value is -2.72. The van der Waals surface area contributed by atoms with Gasteiger partial charge < -0.3 is 10.6 Å². The van der Waals surface area contributed by atoms with Gasteiger partial charge >= 0.3 is 0 Å². The number of H-pyrrole nitrogens is 1. The number of hydrogen-bond donors (Lipinski definition) is 3. The fraction of sp³-hybridized carbons (Fsp3) is 0.450. The van der Waals surface area contributed by atoms with E-state index in [2.05, 4.69) is 26.9 Å². The maximum absolute atomic E-state index is 14.6. The average Bonchev–Trinajstić information content (AvgIpc) is 3.39. The highest BCUT2D eigenvalue weighted by atomic mass is 19.1. The van der Waals surface area contributed by atoms with E-state index in [0.29, 0.717) is 23.1 Å². The number of hydrogen-bond acceptors (Lipinski definition) is 4. The van der Waals surface area contributed by atoms with Crippen molar-refractivity contribution in [2.24, 2.45) is 5.92 Å². The number of carbonyl (C=O) groups excluding carboxylic acids is 1. The van der Waals surface area contributed by atoms with Crippen molar-refractivity contribution >= 4 is 5.91 Å². The molecule has 4 rings (SSSR count). The Labute approximate surface area is 157 Å². The number of amides is 1. The summed E-state index contributed by atoms with van der Waals surface area (Å²) in [5.74, 6) is -0.198. The summed E-state index contributed by atoms with van der Waals surface area (Å²) in [6.07, 6.45) is 5.02. The van der Waals surface area contributed by atoms with Crippen molar-refractivity contribution in [1.29, 1.82) is 5.26 Å². The third kappa shape index (κ3) is 3.45. The van der Waals surface area contributed by atoms with E-state index in [1.165, 1.54) is 6.07 Å². The minimum Gasteiger partial charge on any atom is -0.339 e. The average molecular weight is 367 g/mol. The molecule has 1 aliphatic heterocycles. The number of rotatable bonds is 5. The standard InChI is InChI=1S/C20H22FN5O/c1-11-10-23-26-18(11)14-3-2-12(17(21)8-14)6-16(9-22)25-20(27)19-13-4-5-15(7-13)24-19/h2-3,8,10,13,15-16,19,24H,4-7H2,1H3,(H,23,26)(H,25,27). The van der Waals surface area contributed by atoms with Crippen molar-refractivity contribution in [2.75, 3.05) is 0 Å². The molecule has 1 saturated carbocycles. The molecule has 2 bridgehead atoms. The number of nitriles is 1. The van der Waals surface area contributed by atoms with Crippen LogP contribution in [-0.4, -0.2) is 34.2 Å². The molecule has 7 heteroatoms. The minimum absolute atomic E-state index is 0.136. The van der Waals surface area contributed by atoms with Gasteiger partial charge in [0.1, 0.15) is 11.9 Å². The zero-order chi connectivity index (χ0) is 19.0. The van der Waals surface area contributed by atoms with Gasteiger partial charge in [-0.2, -0.15) is 10.4 Å². The smallest absolute Gasteiger partial charge is 0.238 e. The molecule has 140 valence electrons. The second kappa shape index (κ2) is 7.12. The van der Waals surface area contributed by atoms with E-state index in [4.69, 9.17) is 0 Å². The molecule has 2 heterocycles. The molecule has 1 aromatic carbocycles. The maximum atomic E-state index is 14.6. The molecule has 27 heavy (non-hydrogen) atoms. The van der Waals surface area contributed by atoms with E-state index >= 15 is 0 Å². The Morgan fingerprint density at radius 1 is 1.48 bits per heavy atom. The molecule has 2 fully saturated rings. The van der Waals surface area contributed by atoms with Crippen LogP contribution < -0.4 is 10.6 Å². The quantitative estimate of drug-likeness (QED) is 0.755. The van der Waals surface area contributed by atoms with Crippen molar-refractivity contribution < 1.29 is 9.18 Å². The topological polar surface area (TPSA) is 93.6 Å². The monoisotopic (exact) mass is 367 g/mol. The van der Waals surface area contributed by atoms with Gasteiger partial charge in [0.05, 0.1) is 24.0 Å². The van der Waals surface area contributed by atoms with Crippen LogP contribution in [0.15, 0.2) is 24.4 Å². The number of nitrogens with zero attached hydrogens (tertiary/aromatic N) is 2. The van der Waals surface area contributed by atoms with Crippen molar-refractivity contribution in [2.45, 2.75) is 50.7 Å². The molecule has 1 saturated heterocycles. The van der Waals surface area contributed by atoms with Gasteiger partial charge in [0.2, 0.25) is 5.91 Å². The number of aromatic nitrogens is 2. The fourth-order valence-electron chi connectivity index (χ4n) is 4.27. The van der Waals surface area contributed by atoms with Crippen LogP contribution in [-0.2, 0) is 11.2 Å². The number of nitrogens with one attached hydrogen (secondary N) is 3. The number of aryl methyl sites for hydroxylation is 1. The number of benzene rings is 1. The lowest BCUT2D eigenvalue weighted by Crippen LogP contribution is -2.50. The van der Waals surface area contributed by atoms with E-state index in [1.807, 2.05) is 6.92 Å². The summed E-state index contributed by atoms with van der Waals surface area (Å²) in [6, 6.07) is 6.42. The third-order valence-electron chi connectivity index (χ3n) is 5.71. The lowest BCUT2D eigenvalue weighted by Gasteiger charge is -2.23. The predicted molar refractivity (Wildman–Crippen MR) is 98.0 cm³/mol. The lowest BCUT2D eigenvalue weighted by atomic mass is 9.98. The van der Waals surface area contributed by atoms with E-state index < -0.39 is 11.9 Å². The molecule has 0 radical (unpaired) electrons. The van der Waals surface area contributed by atoms with Gasteiger partial charge in [0.25, 0.3) is 0 Å². The summed E-state index contributed by atoms with van der Waals surface area (Å²) in [6.45, 7) is 1.90. The highest BCUT2D eigenvalue weighted by molar-refractivity contribution is 5.83. The Balaban J connectivity index is 1.43. The SMILES string of the molecule is Cc1cn[nH]c1-c1ccc(CC(C#N)NC(=O)C2NC3CCC2C3)c(F)c1.